The summed E-state index contributed by atoms with van der Waals surface area (Å²) in [5.41, 5.74) is 0.634. The monoisotopic (exact) mass is 363 g/mol. The number of amides is 1. The van der Waals surface area contributed by atoms with Gasteiger partial charge in [0.25, 0.3) is 0 Å². The van der Waals surface area contributed by atoms with Crippen LogP contribution in [0.1, 0.15) is 40.0 Å². The van der Waals surface area contributed by atoms with E-state index >= 15 is 0 Å². The number of hydrogen-bond acceptors (Lipinski definition) is 5. The minimum Gasteiger partial charge on any atom is -0.497 e. The molecule has 1 unspecified atom stereocenters. The zero-order chi connectivity index (χ0) is 19.1. The second-order valence-corrected chi connectivity index (χ2v) is 7.29. The Kier molecular flexibility index (Phi) is 7.72. The first-order valence-corrected chi connectivity index (χ1v) is 9.45. The lowest BCUT2D eigenvalue weighted by atomic mass is 10.0. The molecular weight excluding hydrogens is 330 g/mol. The Balaban J connectivity index is 1.82. The van der Waals surface area contributed by atoms with Crippen molar-refractivity contribution in [3.8, 4) is 11.5 Å². The average molecular weight is 364 g/mol. The van der Waals surface area contributed by atoms with Crippen LogP contribution in [0, 0.1) is 0 Å². The molecule has 1 amide bonds. The van der Waals surface area contributed by atoms with Gasteiger partial charge in [-0.3, -0.25) is 4.79 Å². The molecule has 1 aromatic rings. The highest BCUT2D eigenvalue weighted by atomic mass is 16.5. The molecule has 0 aliphatic carbocycles. The highest BCUT2D eigenvalue weighted by molar-refractivity contribution is 5.92. The summed E-state index contributed by atoms with van der Waals surface area (Å²) in [6.45, 7) is 8.79. The predicted octanol–water partition coefficient (Wildman–Crippen LogP) is 2.88. The normalized spacial score (nSPS) is 17.2. The lowest BCUT2D eigenvalue weighted by Gasteiger charge is -2.36. The van der Waals surface area contributed by atoms with Crippen molar-refractivity contribution in [2.45, 2.75) is 58.2 Å². The molecule has 2 rings (SSSR count). The average Bonchev–Trinajstić information content (AvgIpc) is 2.61. The van der Waals surface area contributed by atoms with Crippen LogP contribution >= 0.6 is 0 Å². The van der Waals surface area contributed by atoms with Gasteiger partial charge in [0.1, 0.15) is 11.5 Å². The van der Waals surface area contributed by atoms with E-state index in [9.17, 15) is 4.79 Å². The van der Waals surface area contributed by atoms with Crippen molar-refractivity contribution in [3.05, 3.63) is 18.2 Å². The van der Waals surface area contributed by atoms with Gasteiger partial charge < -0.3 is 25.0 Å². The maximum absolute atomic E-state index is 12.4. The first kappa shape index (κ1) is 20.5. The van der Waals surface area contributed by atoms with Gasteiger partial charge in [-0.2, -0.15) is 0 Å². The van der Waals surface area contributed by atoms with E-state index in [-0.39, 0.29) is 11.9 Å². The van der Waals surface area contributed by atoms with Crippen molar-refractivity contribution in [1.82, 2.24) is 10.2 Å². The van der Waals surface area contributed by atoms with E-state index < -0.39 is 0 Å². The largest absolute Gasteiger partial charge is 0.497 e. The number of methoxy groups -OCH3 is 2. The molecule has 1 aromatic carbocycles. The van der Waals surface area contributed by atoms with Crippen LogP contribution in [0.15, 0.2) is 18.2 Å². The number of nitrogens with zero attached hydrogens (tertiary/aromatic N) is 1. The third-order valence-electron chi connectivity index (χ3n) is 4.95. The zero-order valence-electron chi connectivity index (χ0n) is 16.7. The summed E-state index contributed by atoms with van der Waals surface area (Å²) < 4.78 is 10.5. The first-order chi connectivity index (χ1) is 12.4. The Hall–Kier alpha value is -1.79. The van der Waals surface area contributed by atoms with E-state index in [1.54, 1.807) is 26.4 Å². The molecular formula is C20H33N3O3. The van der Waals surface area contributed by atoms with Gasteiger partial charge >= 0.3 is 0 Å². The van der Waals surface area contributed by atoms with Crippen LogP contribution in [0.2, 0.25) is 0 Å². The smallest absolute Gasteiger partial charge is 0.226 e. The van der Waals surface area contributed by atoms with E-state index in [1.165, 1.54) is 0 Å². The van der Waals surface area contributed by atoms with Crippen LogP contribution in [0.4, 0.5) is 5.69 Å². The standard InChI is InChI=1S/C20H33N3O3/c1-14(2)23-10-8-16(9-11-23)21-15(3)12-20(24)22-18-13-17(25-4)6-7-19(18)26-5/h6-7,13-16,21H,8-12H2,1-5H3,(H,22,24). The molecule has 6 heteroatoms. The summed E-state index contributed by atoms with van der Waals surface area (Å²) in [5.74, 6) is 1.28. The summed E-state index contributed by atoms with van der Waals surface area (Å²) >= 11 is 0. The molecule has 1 aliphatic heterocycles. The van der Waals surface area contributed by atoms with Crippen LogP contribution < -0.4 is 20.1 Å². The molecule has 1 atom stereocenters. The molecule has 0 aromatic heterocycles. The number of anilines is 1. The topological polar surface area (TPSA) is 62.8 Å². The highest BCUT2D eigenvalue weighted by Crippen LogP contribution is 2.29. The molecule has 6 nitrogen and oxygen atoms in total. The van der Waals surface area contributed by atoms with E-state index in [0.717, 1.165) is 25.9 Å². The van der Waals surface area contributed by atoms with Crippen molar-refractivity contribution in [3.63, 3.8) is 0 Å². The highest BCUT2D eigenvalue weighted by Gasteiger charge is 2.22. The fourth-order valence-corrected chi connectivity index (χ4v) is 3.43. The van der Waals surface area contributed by atoms with Gasteiger partial charge in [0.05, 0.1) is 19.9 Å². The van der Waals surface area contributed by atoms with Crippen molar-refractivity contribution in [2.24, 2.45) is 0 Å². The number of hydrogen-bond donors (Lipinski definition) is 2. The SMILES string of the molecule is COc1ccc(OC)c(NC(=O)CC(C)NC2CCN(C(C)C)CC2)c1. The second-order valence-electron chi connectivity index (χ2n) is 7.29. The number of rotatable bonds is 8. The Morgan fingerprint density at radius 1 is 1.19 bits per heavy atom. The van der Waals surface area contributed by atoms with Gasteiger partial charge in [0, 0.05) is 30.6 Å². The van der Waals surface area contributed by atoms with Crippen LogP contribution in [0.25, 0.3) is 0 Å². The quantitative estimate of drug-likeness (QED) is 0.744. The second kappa shape index (κ2) is 9.78. The maximum atomic E-state index is 12.4. The first-order valence-electron chi connectivity index (χ1n) is 9.45. The molecule has 1 saturated heterocycles. The van der Waals surface area contributed by atoms with Crippen LogP contribution in [0.5, 0.6) is 11.5 Å². The predicted molar refractivity (Wildman–Crippen MR) is 105 cm³/mol. The molecule has 2 N–H and O–H groups in total. The summed E-state index contributed by atoms with van der Waals surface area (Å²) in [7, 11) is 3.19. The van der Waals surface area contributed by atoms with E-state index in [0.29, 0.717) is 35.7 Å². The molecule has 0 saturated carbocycles. The summed E-state index contributed by atoms with van der Waals surface area (Å²) in [5, 5.41) is 6.54. The maximum Gasteiger partial charge on any atom is 0.226 e. The molecule has 0 spiro atoms. The molecule has 1 heterocycles. The minimum atomic E-state index is -0.0313. The Labute approximate surface area is 157 Å². The van der Waals surface area contributed by atoms with Gasteiger partial charge in [0.2, 0.25) is 5.91 Å². The number of piperidine rings is 1. The third kappa shape index (κ3) is 5.88. The van der Waals surface area contributed by atoms with Crippen LogP contribution in [-0.2, 0) is 4.79 Å². The Morgan fingerprint density at radius 3 is 2.46 bits per heavy atom. The molecule has 1 fully saturated rings. The van der Waals surface area contributed by atoms with E-state index in [1.807, 2.05) is 6.07 Å². The van der Waals surface area contributed by atoms with E-state index in [2.05, 4.69) is 36.3 Å². The van der Waals surface area contributed by atoms with Gasteiger partial charge in [-0.05, 0) is 58.8 Å². The van der Waals surface area contributed by atoms with Crippen LogP contribution in [0.3, 0.4) is 0 Å². The molecule has 26 heavy (non-hydrogen) atoms. The molecule has 146 valence electrons. The molecule has 0 radical (unpaired) electrons. The minimum absolute atomic E-state index is 0.0313. The van der Waals surface area contributed by atoms with Crippen LogP contribution in [-0.4, -0.2) is 56.2 Å². The van der Waals surface area contributed by atoms with Gasteiger partial charge in [-0.15, -0.1) is 0 Å². The number of nitrogens with one attached hydrogen (secondary N) is 2. The molecule has 1 aliphatic rings. The van der Waals surface area contributed by atoms with Gasteiger partial charge in [0.15, 0.2) is 0 Å². The van der Waals surface area contributed by atoms with Gasteiger partial charge in [-0.1, -0.05) is 0 Å². The number of carbonyl (C=O) groups excluding carboxylic acids is 1. The zero-order valence-corrected chi connectivity index (χ0v) is 16.7. The number of carbonyl (C=O) groups is 1. The Bertz CT molecular complexity index is 584. The summed E-state index contributed by atoms with van der Waals surface area (Å²) in [6, 6.07) is 6.59. The lowest BCUT2D eigenvalue weighted by Crippen LogP contribution is -2.47. The van der Waals surface area contributed by atoms with E-state index in [4.69, 9.17) is 9.47 Å². The lowest BCUT2D eigenvalue weighted by molar-refractivity contribution is -0.116. The number of benzene rings is 1. The van der Waals surface area contributed by atoms with Crippen molar-refractivity contribution in [1.29, 1.82) is 0 Å². The third-order valence-corrected chi connectivity index (χ3v) is 4.95. The van der Waals surface area contributed by atoms with Crippen molar-refractivity contribution in [2.75, 3.05) is 32.6 Å². The molecule has 0 bridgehead atoms. The summed E-state index contributed by atoms with van der Waals surface area (Å²) in [4.78, 5) is 14.9. The summed E-state index contributed by atoms with van der Waals surface area (Å²) in [6.07, 6.45) is 2.69. The fourth-order valence-electron chi connectivity index (χ4n) is 3.43. The van der Waals surface area contributed by atoms with Crippen molar-refractivity contribution >= 4 is 11.6 Å². The van der Waals surface area contributed by atoms with Gasteiger partial charge in [-0.25, -0.2) is 0 Å². The number of ether oxygens (including phenoxy) is 2. The number of likely N-dealkylation sites (tertiary alicyclic amines) is 1. The Morgan fingerprint density at radius 2 is 1.88 bits per heavy atom. The fraction of sp³-hybridized carbons (Fsp3) is 0.650. The van der Waals surface area contributed by atoms with Crippen molar-refractivity contribution < 1.29 is 14.3 Å².